The first-order valence-electron chi connectivity index (χ1n) is 9.32. The Morgan fingerprint density at radius 3 is 2.38 bits per heavy atom. The summed E-state index contributed by atoms with van der Waals surface area (Å²) in [6.45, 7) is 7.63. The van der Waals surface area contributed by atoms with E-state index in [-0.39, 0.29) is 29.7 Å². The van der Waals surface area contributed by atoms with Gasteiger partial charge in [-0.15, -0.1) is 0 Å². The van der Waals surface area contributed by atoms with Crippen molar-refractivity contribution in [3.8, 4) is 0 Å². The molecule has 154 valence electrons. The van der Waals surface area contributed by atoms with Crippen molar-refractivity contribution in [2.24, 2.45) is 0 Å². The van der Waals surface area contributed by atoms with Crippen LogP contribution in [0.2, 0.25) is 0 Å². The minimum absolute atomic E-state index is 0.0320. The van der Waals surface area contributed by atoms with Gasteiger partial charge in [0.05, 0.1) is 16.4 Å². The maximum absolute atomic E-state index is 12.8. The van der Waals surface area contributed by atoms with Gasteiger partial charge in [0.25, 0.3) is 11.6 Å². The maximum atomic E-state index is 12.8. The molecule has 1 N–H and O–H groups in total. The molecule has 0 spiro atoms. The molecule has 2 rings (SSSR count). The molecule has 0 atom stereocenters. The lowest BCUT2D eigenvalue weighted by atomic mass is 10.1. The molecule has 0 saturated heterocycles. The first-order valence-corrected chi connectivity index (χ1v) is 10.1. The number of likely N-dealkylation sites (N-methyl/N-ethyl adjacent to an activating group) is 1. The predicted molar refractivity (Wildman–Crippen MR) is 113 cm³/mol. The van der Waals surface area contributed by atoms with Crippen LogP contribution in [0.5, 0.6) is 0 Å². The van der Waals surface area contributed by atoms with Gasteiger partial charge >= 0.3 is 0 Å². The van der Waals surface area contributed by atoms with Gasteiger partial charge in [0, 0.05) is 29.1 Å². The Kier molecular flexibility index (Phi) is 7.78. The zero-order valence-electron chi connectivity index (χ0n) is 17.0. The molecule has 0 aliphatic rings. The average molecular weight is 416 g/mol. The summed E-state index contributed by atoms with van der Waals surface area (Å²) < 4.78 is 0. The van der Waals surface area contributed by atoms with Crippen LogP contribution >= 0.6 is 11.8 Å². The lowest BCUT2D eigenvalue weighted by Crippen LogP contribution is -2.42. The van der Waals surface area contributed by atoms with Gasteiger partial charge in [-0.25, -0.2) is 0 Å². The van der Waals surface area contributed by atoms with Crippen LogP contribution in [0.15, 0.2) is 52.3 Å². The summed E-state index contributed by atoms with van der Waals surface area (Å²) in [5, 5.41) is 14.3. The van der Waals surface area contributed by atoms with Gasteiger partial charge in [-0.3, -0.25) is 19.7 Å². The lowest BCUT2D eigenvalue weighted by molar-refractivity contribution is -0.387. The first-order chi connectivity index (χ1) is 13.7. The number of amides is 2. The van der Waals surface area contributed by atoms with Gasteiger partial charge in [-0.05, 0) is 52.0 Å². The molecule has 0 fully saturated rings. The van der Waals surface area contributed by atoms with Crippen molar-refractivity contribution in [2.75, 3.05) is 13.1 Å². The summed E-state index contributed by atoms with van der Waals surface area (Å²) in [4.78, 5) is 38.6. The van der Waals surface area contributed by atoms with E-state index in [1.165, 1.54) is 22.7 Å². The van der Waals surface area contributed by atoms with E-state index in [2.05, 4.69) is 5.32 Å². The molecule has 7 nitrogen and oxygen atoms in total. The van der Waals surface area contributed by atoms with Gasteiger partial charge in [0.2, 0.25) is 5.91 Å². The first kappa shape index (κ1) is 22.4. The monoisotopic (exact) mass is 415 g/mol. The minimum Gasteiger partial charge on any atom is -0.352 e. The average Bonchev–Trinajstić information content (AvgIpc) is 2.67. The van der Waals surface area contributed by atoms with E-state index in [4.69, 9.17) is 0 Å². The Morgan fingerprint density at radius 1 is 1.17 bits per heavy atom. The number of nitro benzene ring substituents is 1. The Morgan fingerprint density at radius 2 is 1.83 bits per heavy atom. The zero-order chi connectivity index (χ0) is 21.6. The van der Waals surface area contributed by atoms with Gasteiger partial charge in [0.1, 0.15) is 0 Å². The highest BCUT2D eigenvalue weighted by Crippen LogP contribution is 2.35. The molecule has 2 amide bonds. The van der Waals surface area contributed by atoms with Crippen molar-refractivity contribution in [1.82, 2.24) is 10.2 Å². The summed E-state index contributed by atoms with van der Waals surface area (Å²) >= 11 is 1.27. The van der Waals surface area contributed by atoms with Gasteiger partial charge in [-0.2, -0.15) is 0 Å². The van der Waals surface area contributed by atoms with Crippen LogP contribution in [0, 0.1) is 17.0 Å². The molecule has 0 saturated carbocycles. The van der Waals surface area contributed by atoms with Crippen LogP contribution in [0.3, 0.4) is 0 Å². The van der Waals surface area contributed by atoms with Crippen LogP contribution in [-0.2, 0) is 4.79 Å². The van der Waals surface area contributed by atoms with Crippen molar-refractivity contribution in [1.29, 1.82) is 0 Å². The quantitative estimate of drug-likeness (QED) is 0.519. The number of carbonyl (C=O) groups excluding carboxylic acids is 2. The summed E-state index contributed by atoms with van der Waals surface area (Å²) in [6, 6.07) is 12.1. The van der Waals surface area contributed by atoms with Crippen LogP contribution in [0.1, 0.15) is 36.7 Å². The smallest absolute Gasteiger partial charge is 0.284 e. The second-order valence-corrected chi connectivity index (χ2v) is 8.01. The standard InChI is InChI=1S/C21H25N3O4S/c1-5-23(13-20(25)22-14(2)3)21(26)16-8-11-19(18(12-16)24(27)28)29-17-9-6-15(4)7-10-17/h6-12,14H,5,13H2,1-4H3,(H,22,25). The highest BCUT2D eigenvalue weighted by atomic mass is 32.2. The van der Waals surface area contributed by atoms with Crippen LogP contribution in [0.4, 0.5) is 5.69 Å². The number of hydrogen-bond donors (Lipinski definition) is 1. The molecule has 2 aromatic rings. The second-order valence-electron chi connectivity index (χ2n) is 6.90. The van der Waals surface area contributed by atoms with E-state index in [1.54, 1.807) is 19.1 Å². The lowest BCUT2D eigenvalue weighted by Gasteiger charge is -2.21. The summed E-state index contributed by atoms with van der Waals surface area (Å²) in [7, 11) is 0. The van der Waals surface area contributed by atoms with E-state index in [1.807, 2.05) is 45.0 Å². The second kappa shape index (κ2) is 10.1. The van der Waals surface area contributed by atoms with E-state index in [9.17, 15) is 19.7 Å². The molecule has 0 unspecified atom stereocenters. The number of benzene rings is 2. The fraction of sp³-hybridized carbons (Fsp3) is 0.333. The van der Waals surface area contributed by atoms with E-state index >= 15 is 0 Å². The summed E-state index contributed by atoms with van der Waals surface area (Å²) in [5.41, 5.74) is 1.15. The topological polar surface area (TPSA) is 92.6 Å². The number of aryl methyl sites for hydroxylation is 1. The van der Waals surface area contributed by atoms with Gasteiger partial charge in [-0.1, -0.05) is 29.5 Å². The molecule has 2 aromatic carbocycles. The Balaban J connectivity index is 2.25. The van der Waals surface area contributed by atoms with Gasteiger partial charge in [0.15, 0.2) is 0 Å². The normalized spacial score (nSPS) is 10.7. The molecular formula is C21H25N3O4S. The molecule has 29 heavy (non-hydrogen) atoms. The fourth-order valence-electron chi connectivity index (χ4n) is 2.66. The SMILES string of the molecule is CCN(CC(=O)NC(C)C)C(=O)c1ccc(Sc2ccc(C)cc2)c([N+](=O)[O-])c1. The molecule has 8 heteroatoms. The maximum Gasteiger partial charge on any atom is 0.284 e. The van der Waals surface area contributed by atoms with Crippen molar-refractivity contribution in [3.05, 3.63) is 63.7 Å². The van der Waals surface area contributed by atoms with E-state index in [0.29, 0.717) is 11.4 Å². The number of nitrogens with one attached hydrogen (secondary N) is 1. The van der Waals surface area contributed by atoms with Crippen molar-refractivity contribution >= 4 is 29.3 Å². The Bertz CT molecular complexity index is 897. The molecule has 0 radical (unpaired) electrons. The van der Waals surface area contributed by atoms with Gasteiger partial charge < -0.3 is 10.2 Å². The highest BCUT2D eigenvalue weighted by molar-refractivity contribution is 7.99. The number of rotatable bonds is 8. The molecule has 0 aliphatic carbocycles. The highest BCUT2D eigenvalue weighted by Gasteiger charge is 2.22. The van der Waals surface area contributed by atoms with Crippen molar-refractivity contribution < 1.29 is 14.5 Å². The van der Waals surface area contributed by atoms with Crippen LogP contribution in [-0.4, -0.2) is 40.8 Å². The summed E-state index contributed by atoms with van der Waals surface area (Å²) in [5.74, 6) is -0.683. The molecular weight excluding hydrogens is 390 g/mol. The third kappa shape index (κ3) is 6.32. The fourth-order valence-corrected chi connectivity index (χ4v) is 3.56. The molecule has 0 aliphatic heterocycles. The Labute approximate surface area is 174 Å². The molecule has 0 bridgehead atoms. The third-order valence-corrected chi connectivity index (χ3v) is 5.18. The van der Waals surface area contributed by atoms with E-state index in [0.717, 1.165) is 10.5 Å². The minimum atomic E-state index is -0.491. The number of hydrogen-bond acceptors (Lipinski definition) is 5. The largest absolute Gasteiger partial charge is 0.352 e. The summed E-state index contributed by atoms with van der Waals surface area (Å²) in [6.07, 6.45) is 0. The van der Waals surface area contributed by atoms with Crippen molar-refractivity contribution in [3.63, 3.8) is 0 Å². The Hall–Kier alpha value is -2.87. The van der Waals surface area contributed by atoms with Crippen molar-refractivity contribution in [2.45, 2.75) is 43.5 Å². The predicted octanol–water partition coefficient (Wildman–Crippen LogP) is 4.04. The zero-order valence-corrected chi connectivity index (χ0v) is 17.8. The van der Waals surface area contributed by atoms with Crippen LogP contribution < -0.4 is 5.32 Å². The number of carbonyl (C=O) groups is 2. The van der Waals surface area contributed by atoms with E-state index < -0.39 is 10.8 Å². The number of nitrogens with zero attached hydrogens (tertiary/aromatic N) is 2. The molecule has 0 heterocycles. The molecule has 0 aromatic heterocycles. The number of nitro groups is 1. The third-order valence-electron chi connectivity index (χ3n) is 4.10. The van der Waals surface area contributed by atoms with Crippen LogP contribution in [0.25, 0.3) is 0 Å².